The molecule has 4 nitrogen and oxygen atoms in total. The fraction of sp³-hybridized carbons (Fsp3) is 0.278. The van der Waals surface area contributed by atoms with Gasteiger partial charge in [-0.15, -0.1) is 0 Å². The summed E-state index contributed by atoms with van der Waals surface area (Å²) in [4.78, 5) is 14.5. The van der Waals surface area contributed by atoms with Crippen molar-refractivity contribution >= 4 is 23.2 Å². The van der Waals surface area contributed by atoms with Gasteiger partial charge in [0.25, 0.3) is 5.91 Å². The molecule has 0 aliphatic carbocycles. The summed E-state index contributed by atoms with van der Waals surface area (Å²) in [5.74, 6) is 0.379. The number of amides is 1. The predicted octanol–water partition coefficient (Wildman–Crippen LogP) is 3.84. The maximum Gasteiger partial charge on any atom is 0.259 e. The molecule has 23 heavy (non-hydrogen) atoms. The van der Waals surface area contributed by atoms with Gasteiger partial charge in [0.05, 0.1) is 5.56 Å². The van der Waals surface area contributed by atoms with Crippen molar-refractivity contribution in [2.24, 2.45) is 0 Å². The van der Waals surface area contributed by atoms with Crippen molar-refractivity contribution in [1.29, 1.82) is 0 Å². The van der Waals surface area contributed by atoms with Crippen molar-refractivity contribution in [2.75, 3.05) is 32.6 Å². The summed E-state index contributed by atoms with van der Waals surface area (Å²) in [6.07, 6.45) is 0. The number of hydrogen-bond acceptors (Lipinski definition) is 3. The highest BCUT2D eigenvalue weighted by atomic mass is 35.5. The summed E-state index contributed by atoms with van der Waals surface area (Å²) in [5, 5.41) is 3.55. The zero-order valence-corrected chi connectivity index (χ0v) is 14.4. The number of halogens is 1. The third-order valence-electron chi connectivity index (χ3n) is 3.34. The first-order chi connectivity index (χ1) is 11.0. The first-order valence-corrected chi connectivity index (χ1v) is 7.79. The van der Waals surface area contributed by atoms with Gasteiger partial charge in [0.2, 0.25) is 0 Å². The Labute approximate surface area is 142 Å². The Morgan fingerprint density at radius 2 is 1.96 bits per heavy atom. The molecule has 0 radical (unpaired) electrons. The van der Waals surface area contributed by atoms with Crippen LogP contribution in [-0.4, -0.2) is 38.1 Å². The van der Waals surface area contributed by atoms with Gasteiger partial charge in [-0.25, -0.2) is 0 Å². The van der Waals surface area contributed by atoms with E-state index in [4.69, 9.17) is 16.3 Å². The molecule has 1 amide bonds. The number of benzene rings is 2. The van der Waals surface area contributed by atoms with Gasteiger partial charge in [-0.3, -0.25) is 4.79 Å². The molecule has 0 heterocycles. The van der Waals surface area contributed by atoms with E-state index in [0.29, 0.717) is 28.6 Å². The largest absolute Gasteiger partial charge is 0.491 e. The highest BCUT2D eigenvalue weighted by molar-refractivity contribution is 6.31. The molecule has 0 aliphatic rings. The number of aryl methyl sites for hydroxylation is 1. The van der Waals surface area contributed by atoms with Gasteiger partial charge in [0.15, 0.2) is 0 Å². The van der Waals surface area contributed by atoms with Gasteiger partial charge in [-0.05, 0) is 56.9 Å². The van der Waals surface area contributed by atoms with Gasteiger partial charge >= 0.3 is 0 Å². The van der Waals surface area contributed by atoms with E-state index < -0.39 is 0 Å². The SMILES string of the molecule is Cc1cc(NC(=O)c2ccccc2OCCN(C)C)ccc1Cl. The Morgan fingerprint density at radius 1 is 1.22 bits per heavy atom. The van der Waals surface area contributed by atoms with E-state index in [9.17, 15) is 4.79 Å². The Balaban J connectivity index is 2.10. The van der Waals surface area contributed by atoms with Gasteiger partial charge in [0.1, 0.15) is 12.4 Å². The van der Waals surface area contributed by atoms with E-state index in [0.717, 1.165) is 12.1 Å². The molecule has 0 aliphatic heterocycles. The number of likely N-dealkylation sites (N-methyl/N-ethyl adjacent to an activating group) is 1. The number of rotatable bonds is 6. The summed E-state index contributed by atoms with van der Waals surface area (Å²) in [6.45, 7) is 3.21. The maximum atomic E-state index is 12.5. The summed E-state index contributed by atoms with van der Waals surface area (Å²) >= 11 is 6.01. The van der Waals surface area contributed by atoms with Gasteiger partial charge in [0, 0.05) is 17.3 Å². The Morgan fingerprint density at radius 3 is 2.65 bits per heavy atom. The summed E-state index contributed by atoms with van der Waals surface area (Å²) in [7, 11) is 3.95. The lowest BCUT2D eigenvalue weighted by Gasteiger charge is -2.14. The number of para-hydroxylation sites is 1. The highest BCUT2D eigenvalue weighted by Gasteiger charge is 2.12. The minimum atomic E-state index is -0.202. The quantitative estimate of drug-likeness (QED) is 0.873. The number of hydrogen-bond donors (Lipinski definition) is 1. The van der Waals surface area contributed by atoms with E-state index in [1.54, 1.807) is 24.3 Å². The molecule has 0 unspecified atom stereocenters. The lowest BCUT2D eigenvalue weighted by Crippen LogP contribution is -2.20. The molecule has 1 N–H and O–H groups in total. The van der Waals surface area contributed by atoms with E-state index >= 15 is 0 Å². The molecule has 0 fully saturated rings. The third kappa shape index (κ3) is 4.98. The van der Waals surface area contributed by atoms with Crippen molar-refractivity contribution in [3.63, 3.8) is 0 Å². The monoisotopic (exact) mass is 332 g/mol. The Bertz CT molecular complexity index is 686. The number of nitrogens with one attached hydrogen (secondary N) is 1. The van der Waals surface area contributed by atoms with Crippen LogP contribution in [0.2, 0.25) is 5.02 Å². The third-order valence-corrected chi connectivity index (χ3v) is 3.77. The molecular weight excluding hydrogens is 312 g/mol. The number of anilines is 1. The molecule has 0 bridgehead atoms. The minimum absolute atomic E-state index is 0.202. The van der Waals surface area contributed by atoms with Crippen LogP contribution in [0.3, 0.4) is 0 Å². The fourth-order valence-electron chi connectivity index (χ4n) is 2.04. The van der Waals surface area contributed by atoms with Crippen LogP contribution in [0.1, 0.15) is 15.9 Å². The van der Waals surface area contributed by atoms with Gasteiger partial charge in [-0.1, -0.05) is 23.7 Å². The number of ether oxygens (including phenoxy) is 1. The van der Waals surface area contributed by atoms with Crippen LogP contribution in [0.25, 0.3) is 0 Å². The molecule has 2 aromatic carbocycles. The Hall–Kier alpha value is -2.04. The van der Waals surface area contributed by atoms with Crippen LogP contribution in [0, 0.1) is 6.92 Å². The van der Waals surface area contributed by atoms with Crippen LogP contribution in [-0.2, 0) is 0 Å². The van der Waals surface area contributed by atoms with Crippen molar-refractivity contribution < 1.29 is 9.53 Å². The van der Waals surface area contributed by atoms with Crippen molar-refractivity contribution in [3.8, 4) is 5.75 Å². The maximum absolute atomic E-state index is 12.5. The molecular formula is C18H21ClN2O2. The van der Waals surface area contributed by atoms with E-state index in [2.05, 4.69) is 5.32 Å². The summed E-state index contributed by atoms with van der Waals surface area (Å²) in [6, 6.07) is 12.6. The van der Waals surface area contributed by atoms with Crippen molar-refractivity contribution in [3.05, 3.63) is 58.6 Å². The van der Waals surface area contributed by atoms with E-state index in [1.165, 1.54) is 0 Å². The summed E-state index contributed by atoms with van der Waals surface area (Å²) < 4.78 is 5.73. The van der Waals surface area contributed by atoms with Crippen LogP contribution in [0.5, 0.6) is 5.75 Å². The molecule has 5 heteroatoms. The predicted molar refractivity (Wildman–Crippen MR) is 94.6 cm³/mol. The number of nitrogens with zero attached hydrogens (tertiary/aromatic N) is 1. The molecule has 0 aromatic heterocycles. The first-order valence-electron chi connectivity index (χ1n) is 7.41. The second-order valence-corrected chi connectivity index (χ2v) is 5.97. The average molecular weight is 333 g/mol. The highest BCUT2D eigenvalue weighted by Crippen LogP contribution is 2.22. The first kappa shape index (κ1) is 17.3. The molecule has 0 saturated heterocycles. The lowest BCUT2D eigenvalue weighted by molar-refractivity contribution is 0.102. The van der Waals surface area contributed by atoms with Gasteiger partial charge < -0.3 is 15.0 Å². The Kier molecular flexibility index (Phi) is 6.02. The van der Waals surface area contributed by atoms with Crippen LogP contribution >= 0.6 is 11.6 Å². The standard InChI is InChI=1S/C18H21ClN2O2/c1-13-12-14(8-9-16(13)19)20-18(22)15-6-4-5-7-17(15)23-11-10-21(2)3/h4-9,12H,10-11H2,1-3H3,(H,20,22). The zero-order chi connectivity index (χ0) is 16.8. The lowest BCUT2D eigenvalue weighted by atomic mass is 10.1. The van der Waals surface area contributed by atoms with E-state index in [-0.39, 0.29) is 5.91 Å². The van der Waals surface area contributed by atoms with E-state index in [1.807, 2.05) is 44.1 Å². The van der Waals surface area contributed by atoms with Crippen LogP contribution in [0.15, 0.2) is 42.5 Å². The molecule has 0 spiro atoms. The number of carbonyl (C=O) groups is 1. The van der Waals surface area contributed by atoms with Crippen LogP contribution in [0.4, 0.5) is 5.69 Å². The fourth-order valence-corrected chi connectivity index (χ4v) is 2.16. The summed E-state index contributed by atoms with van der Waals surface area (Å²) in [5.41, 5.74) is 2.14. The smallest absolute Gasteiger partial charge is 0.259 e. The van der Waals surface area contributed by atoms with Gasteiger partial charge in [-0.2, -0.15) is 0 Å². The second-order valence-electron chi connectivity index (χ2n) is 5.57. The average Bonchev–Trinajstić information content (AvgIpc) is 2.51. The molecule has 0 atom stereocenters. The normalized spacial score (nSPS) is 10.7. The molecule has 0 saturated carbocycles. The number of carbonyl (C=O) groups excluding carboxylic acids is 1. The van der Waals surface area contributed by atoms with Crippen LogP contribution < -0.4 is 10.1 Å². The molecule has 122 valence electrons. The van der Waals surface area contributed by atoms with Crippen molar-refractivity contribution in [2.45, 2.75) is 6.92 Å². The zero-order valence-electron chi connectivity index (χ0n) is 13.6. The minimum Gasteiger partial charge on any atom is -0.491 e. The second kappa shape index (κ2) is 7.99. The molecule has 2 rings (SSSR count). The van der Waals surface area contributed by atoms with Crippen molar-refractivity contribution in [1.82, 2.24) is 4.90 Å². The molecule has 2 aromatic rings. The topological polar surface area (TPSA) is 41.6 Å².